The van der Waals surface area contributed by atoms with Crippen LogP contribution in [0.3, 0.4) is 0 Å². The summed E-state index contributed by atoms with van der Waals surface area (Å²) in [7, 11) is 4.79. The molecule has 2 aliphatic heterocycles. The molecule has 4 aromatic rings. The number of aliphatic imine (C=N–C) groups is 1. The lowest BCUT2D eigenvalue weighted by Gasteiger charge is -2.33. The maximum absolute atomic E-state index is 13.1. The first-order valence-corrected chi connectivity index (χ1v) is 16.7. The van der Waals surface area contributed by atoms with Crippen molar-refractivity contribution in [3.8, 4) is 16.9 Å². The lowest BCUT2D eigenvalue weighted by molar-refractivity contribution is -0.116. The molecule has 0 spiro atoms. The minimum absolute atomic E-state index is 0.0699. The number of carbonyl (C=O) groups excluding carboxylic acids is 4. The van der Waals surface area contributed by atoms with Gasteiger partial charge in [0.1, 0.15) is 11.4 Å². The van der Waals surface area contributed by atoms with Crippen molar-refractivity contribution in [2.24, 2.45) is 19.1 Å². The summed E-state index contributed by atoms with van der Waals surface area (Å²) >= 11 is 0. The predicted molar refractivity (Wildman–Crippen MR) is 190 cm³/mol. The molecule has 4 heterocycles. The molecule has 2 aromatic carbocycles. The molecule has 6 rings (SSSR count). The van der Waals surface area contributed by atoms with Crippen molar-refractivity contribution in [2.45, 2.75) is 45.1 Å². The number of aryl methyl sites for hydroxylation is 3. The fraction of sp³-hybridized carbons (Fsp3) is 0.351. The Morgan fingerprint density at radius 2 is 1.78 bits per heavy atom. The van der Waals surface area contributed by atoms with Crippen molar-refractivity contribution in [1.29, 1.82) is 0 Å². The Kier molecular flexibility index (Phi) is 10.2. The number of Topliss-reactive ketones (excluding diaryl/α,β-unsaturated/α-hetero) is 1. The second-order valence-electron chi connectivity index (χ2n) is 12.7. The maximum Gasteiger partial charge on any atom is 0.354 e. The number of rotatable bonds is 10. The number of anilines is 2. The fourth-order valence-corrected chi connectivity index (χ4v) is 6.30. The number of imidazole rings is 1. The number of nitrogens with zero attached hydrogens (tertiary/aromatic N) is 5. The molecule has 13 heteroatoms. The van der Waals surface area contributed by atoms with Crippen LogP contribution in [0.15, 0.2) is 59.9 Å². The molecular formula is C37H41N7O6. The van der Waals surface area contributed by atoms with Gasteiger partial charge in [0.25, 0.3) is 5.91 Å². The fourth-order valence-electron chi connectivity index (χ4n) is 6.30. The lowest BCUT2D eigenvalue weighted by Crippen LogP contribution is -2.44. The molecule has 0 unspecified atom stereocenters. The molecule has 0 radical (unpaired) electrons. The third-order valence-electron chi connectivity index (χ3n) is 9.02. The van der Waals surface area contributed by atoms with Gasteiger partial charge in [-0.3, -0.25) is 24.3 Å². The van der Waals surface area contributed by atoms with Crippen molar-refractivity contribution in [2.75, 3.05) is 37.4 Å². The number of nitrogens with one attached hydrogen (secondary N) is 2. The molecule has 1 fully saturated rings. The van der Waals surface area contributed by atoms with Gasteiger partial charge in [-0.1, -0.05) is 18.6 Å². The SMILES string of the molecule is COC(=O)c1cc(-c2ccc(NC(=O)c3nc(NC(=O)CCCOc4cc5c(cc4C)C(=O)CN4CCCC[C@H]4/C=N\5)cn3C)cc2)cn1C. The highest BCUT2D eigenvalue weighted by Crippen LogP contribution is 2.32. The average molecular weight is 680 g/mol. The van der Waals surface area contributed by atoms with Gasteiger partial charge in [0, 0.05) is 68.0 Å². The van der Waals surface area contributed by atoms with Crippen LogP contribution in [0.4, 0.5) is 17.2 Å². The molecule has 0 bridgehead atoms. The molecule has 2 N–H and O–H groups in total. The Hall–Kier alpha value is -5.56. The number of methoxy groups -OCH3 is 1. The van der Waals surface area contributed by atoms with E-state index >= 15 is 0 Å². The van der Waals surface area contributed by atoms with E-state index in [9.17, 15) is 19.2 Å². The topological polar surface area (TPSA) is 149 Å². The van der Waals surface area contributed by atoms with E-state index in [1.54, 1.807) is 47.6 Å². The van der Waals surface area contributed by atoms with E-state index in [2.05, 4.69) is 25.5 Å². The molecular weight excluding hydrogens is 638 g/mol. The number of carbonyl (C=O) groups is 4. The van der Waals surface area contributed by atoms with E-state index in [1.165, 1.54) is 7.11 Å². The summed E-state index contributed by atoms with van der Waals surface area (Å²) in [5, 5.41) is 5.59. The number of amides is 2. The standard InChI is InChI=1S/C37H41N7O6/c1-23-16-28-29(38-19-27-8-5-6-14-44(27)21-31(28)45)18-32(23)50-15-7-9-34(46)40-33-22-43(3)35(41-33)36(47)39-26-12-10-24(11-13-26)25-17-30(37(48)49-4)42(2)20-25/h10-13,16-20,22,27H,5-9,14-15,21H2,1-4H3,(H,39,47)(H,40,46)/b38-19-/t27-/m0/s1. The van der Waals surface area contributed by atoms with E-state index in [1.807, 2.05) is 43.6 Å². The summed E-state index contributed by atoms with van der Waals surface area (Å²) in [5.41, 5.74) is 4.76. The third-order valence-corrected chi connectivity index (χ3v) is 9.02. The van der Waals surface area contributed by atoms with Crippen LogP contribution < -0.4 is 15.4 Å². The summed E-state index contributed by atoms with van der Waals surface area (Å²) in [6.07, 6.45) is 9.24. The van der Waals surface area contributed by atoms with E-state index in [0.717, 1.165) is 42.5 Å². The molecule has 50 heavy (non-hydrogen) atoms. The largest absolute Gasteiger partial charge is 0.493 e. The van der Waals surface area contributed by atoms with E-state index in [0.29, 0.717) is 48.0 Å². The van der Waals surface area contributed by atoms with Gasteiger partial charge in [-0.05, 0) is 68.1 Å². The first-order chi connectivity index (χ1) is 24.1. The van der Waals surface area contributed by atoms with Gasteiger partial charge in [-0.25, -0.2) is 9.78 Å². The summed E-state index contributed by atoms with van der Waals surface area (Å²) in [6.45, 7) is 3.51. The first-order valence-electron chi connectivity index (χ1n) is 16.7. The van der Waals surface area contributed by atoms with Crippen LogP contribution in [0.2, 0.25) is 0 Å². The number of esters is 1. The van der Waals surface area contributed by atoms with Crippen LogP contribution >= 0.6 is 0 Å². The summed E-state index contributed by atoms with van der Waals surface area (Å²) < 4.78 is 14.1. The quantitative estimate of drug-likeness (QED) is 0.169. The van der Waals surface area contributed by atoms with Crippen molar-refractivity contribution in [3.63, 3.8) is 0 Å². The highest BCUT2D eigenvalue weighted by Gasteiger charge is 2.27. The molecule has 1 atom stereocenters. The molecule has 2 aromatic heterocycles. The van der Waals surface area contributed by atoms with E-state index in [-0.39, 0.29) is 35.8 Å². The van der Waals surface area contributed by atoms with Crippen LogP contribution in [0, 0.1) is 6.92 Å². The van der Waals surface area contributed by atoms with Gasteiger partial charge in [0.05, 0.1) is 25.9 Å². The highest BCUT2D eigenvalue weighted by molar-refractivity contribution is 6.04. The van der Waals surface area contributed by atoms with Crippen molar-refractivity contribution in [1.82, 2.24) is 19.0 Å². The summed E-state index contributed by atoms with van der Waals surface area (Å²) in [6, 6.07) is 12.8. The smallest absolute Gasteiger partial charge is 0.354 e. The number of fused-ring (bicyclic) bond motifs is 2. The Bertz CT molecular complexity index is 1960. The van der Waals surface area contributed by atoms with Crippen LogP contribution in [0.5, 0.6) is 5.75 Å². The number of benzene rings is 2. The predicted octanol–water partition coefficient (Wildman–Crippen LogP) is 5.32. The van der Waals surface area contributed by atoms with Crippen LogP contribution in [0.25, 0.3) is 11.1 Å². The van der Waals surface area contributed by atoms with E-state index in [4.69, 9.17) is 9.47 Å². The molecule has 13 nitrogen and oxygen atoms in total. The van der Waals surface area contributed by atoms with Gasteiger partial charge in [0.2, 0.25) is 11.7 Å². The number of piperidine rings is 1. The normalized spacial score (nSPS) is 16.4. The number of ketones is 1. The molecule has 260 valence electrons. The third kappa shape index (κ3) is 7.68. The Morgan fingerprint density at radius 3 is 2.56 bits per heavy atom. The Labute approximate surface area is 290 Å². The molecule has 0 saturated carbocycles. The van der Waals surface area contributed by atoms with Crippen LogP contribution in [-0.2, 0) is 23.6 Å². The number of hydrogen-bond acceptors (Lipinski definition) is 9. The first kappa shape index (κ1) is 34.3. The maximum atomic E-state index is 13.1. The van der Waals surface area contributed by atoms with Crippen molar-refractivity contribution in [3.05, 3.63) is 77.5 Å². The zero-order valence-electron chi connectivity index (χ0n) is 28.7. The zero-order valence-corrected chi connectivity index (χ0v) is 28.7. The van der Waals surface area contributed by atoms with E-state index < -0.39 is 11.9 Å². The van der Waals surface area contributed by atoms with Gasteiger partial charge < -0.3 is 29.2 Å². The summed E-state index contributed by atoms with van der Waals surface area (Å²) in [4.78, 5) is 61.9. The second-order valence-corrected chi connectivity index (χ2v) is 12.7. The Morgan fingerprint density at radius 1 is 0.980 bits per heavy atom. The number of hydrogen-bond donors (Lipinski definition) is 2. The molecule has 1 saturated heterocycles. The minimum atomic E-state index is -0.435. The monoisotopic (exact) mass is 679 g/mol. The Balaban J connectivity index is 0.993. The lowest BCUT2D eigenvalue weighted by atomic mass is 9.98. The zero-order chi connectivity index (χ0) is 35.4. The average Bonchev–Trinajstić information content (AvgIpc) is 3.67. The van der Waals surface area contributed by atoms with Gasteiger partial charge in [-0.2, -0.15) is 0 Å². The minimum Gasteiger partial charge on any atom is -0.493 e. The van der Waals surface area contributed by atoms with Gasteiger partial charge >= 0.3 is 5.97 Å². The van der Waals surface area contributed by atoms with Gasteiger partial charge in [0.15, 0.2) is 11.6 Å². The highest BCUT2D eigenvalue weighted by atomic mass is 16.5. The van der Waals surface area contributed by atoms with Crippen LogP contribution in [0.1, 0.15) is 69.1 Å². The number of aromatic nitrogens is 3. The molecule has 2 amide bonds. The van der Waals surface area contributed by atoms with Crippen molar-refractivity contribution >= 4 is 47.0 Å². The molecule has 0 aliphatic carbocycles. The van der Waals surface area contributed by atoms with Gasteiger partial charge in [-0.15, -0.1) is 0 Å². The second kappa shape index (κ2) is 14.9. The van der Waals surface area contributed by atoms with Crippen LogP contribution in [-0.4, -0.2) is 81.6 Å². The summed E-state index contributed by atoms with van der Waals surface area (Å²) in [5.74, 6) is -0.0106. The van der Waals surface area contributed by atoms with Crippen molar-refractivity contribution < 1.29 is 28.7 Å². The number of ether oxygens (including phenoxy) is 2. The molecule has 2 aliphatic rings.